The number of hydrogen-bond acceptors (Lipinski definition) is 5. The lowest BCUT2D eigenvalue weighted by molar-refractivity contribution is -0.189. The standard InChI is InChI=1S/C24H26N2O6/c1-26(32-14-22(27)28)23(29)19-11-6-12-21(19)25-24(30)31-13-20-17-9-4-2-7-15(17)16-8-3-5-10-18(16)20/h2-5,7-10,19-21H,6,11-14H2,1H3,(H,25,30)(H,27,28)/t19-,21+/m0/s1. The van der Waals surface area contributed by atoms with E-state index in [1.807, 2.05) is 24.3 Å². The van der Waals surface area contributed by atoms with Crippen LogP contribution in [0.25, 0.3) is 11.1 Å². The largest absolute Gasteiger partial charge is 0.479 e. The van der Waals surface area contributed by atoms with Gasteiger partial charge in [0.05, 0.1) is 5.92 Å². The minimum Gasteiger partial charge on any atom is -0.479 e. The van der Waals surface area contributed by atoms with E-state index in [2.05, 4.69) is 29.6 Å². The minimum absolute atomic E-state index is 0.0373. The number of carboxylic acid groups (broad SMARTS) is 1. The molecule has 32 heavy (non-hydrogen) atoms. The maximum absolute atomic E-state index is 12.6. The number of aliphatic carboxylic acids is 1. The molecule has 168 valence electrons. The molecule has 4 rings (SSSR count). The molecular weight excluding hydrogens is 412 g/mol. The van der Waals surface area contributed by atoms with Gasteiger partial charge in [0, 0.05) is 19.0 Å². The van der Waals surface area contributed by atoms with E-state index in [1.54, 1.807) is 0 Å². The van der Waals surface area contributed by atoms with Crippen LogP contribution in [0.15, 0.2) is 48.5 Å². The Bertz CT molecular complexity index is 978. The summed E-state index contributed by atoms with van der Waals surface area (Å²) < 4.78 is 5.59. The molecule has 0 heterocycles. The molecule has 2 aromatic carbocycles. The number of hydroxylamine groups is 2. The summed E-state index contributed by atoms with van der Waals surface area (Å²) in [5, 5.41) is 12.5. The zero-order chi connectivity index (χ0) is 22.7. The van der Waals surface area contributed by atoms with Crippen LogP contribution < -0.4 is 5.32 Å². The predicted octanol–water partition coefficient (Wildman–Crippen LogP) is 3.17. The van der Waals surface area contributed by atoms with Crippen molar-refractivity contribution in [3.63, 3.8) is 0 Å². The molecule has 8 heteroatoms. The van der Waals surface area contributed by atoms with Gasteiger partial charge in [-0.1, -0.05) is 55.0 Å². The third kappa shape index (κ3) is 4.45. The number of hydrogen-bond donors (Lipinski definition) is 2. The zero-order valence-electron chi connectivity index (χ0n) is 17.8. The first-order valence-corrected chi connectivity index (χ1v) is 10.7. The van der Waals surface area contributed by atoms with Crippen LogP contribution >= 0.6 is 0 Å². The van der Waals surface area contributed by atoms with Gasteiger partial charge in [0.2, 0.25) is 0 Å². The van der Waals surface area contributed by atoms with Crippen molar-refractivity contribution in [1.29, 1.82) is 0 Å². The van der Waals surface area contributed by atoms with E-state index >= 15 is 0 Å². The highest BCUT2D eigenvalue weighted by atomic mass is 16.7. The lowest BCUT2D eigenvalue weighted by Gasteiger charge is -2.24. The summed E-state index contributed by atoms with van der Waals surface area (Å²) in [5.41, 5.74) is 4.58. The first-order valence-electron chi connectivity index (χ1n) is 10.7. The minimum atomic E-state index is -1.16. The fourth-order valence-electron chi connectivity index (χ4n) is 4.67. The number of carboxylic acids is 1. The molecule has 1 saturated carbocycles. The van der Waals surface area contributed by atoms with Gasteiger partial charge in [-0.25, -0.2) is 14.7 Å². The zero-order valence-corrected chi connectivity index (χ0v) is 17.8. The molecule has 0 aliphatic heterocycles. The van der Waals surface area contributed by atoms with E-state index in [0.29, 0.717) is 12.8 Å². The quantitative estimate of drug-likeness (QED) is 0.644. The van der Waals surface area contributed by atoms with Crippen LogP contribution in [-0.4, -0.2) is 54.4 Å². The van der Waals surface area contributed by atoms with Crippen molar-refractivity contribution in [3.8, 4) is 11.1 Å². The Labute approximate surface area is 186 Å². The molecule has 2 aliphatic carbocycles. The van der Waals surface area contributed by atoms with Gasteiger partial charge in [0.25, 0.3) is 5.91 Å². The molecule has 0 aromatic heterocycles. The highest BCUT2D eigenvalue weighted by Crippen LogP contribution is 2.44. The van der Waals surface area contributed by atoms with Crippen molar-refractivity contribution >= 4 is 18.0 Å². The first kappa shape index (κ1) is 21.8. The van der Waals surface area contributed by atoms with Gasteiger partial charge in [-0.3, -0.25) is 9.63 Å². The summed E-state index contributed by atoms with van der Waals surface area (Å²) in [6.45, 7) is -0.397. The Morgan fingerprint density at radius 1 is 1.03 bits per heavy atom. The molecular formula is C24H26N2O6. The Hall–Kier alpha value is -3.39. The van der Waals surface area contributed by atoms with Gasteiger partial charge in [-0.15, -0.1) is 0 Å². The van der Waals surface area contributed by atoms with Crippen LogP contribution in [0.2, 0.25) is 0 Å². The highest BCUT2D eigenvalue weighted by molar-refractivity contribution is 5.81. The first-order chi connectivity index (χ1) is 15.5. The van der Waals surface area contributed by atoms with E-state index < -0.39 is 24.6 Å². The van der Waals surface area contributed by atoms with Crippen LogP contribution in [-0.2, 0) is 19.2 Å². The third-order valence-electron chi connectivity index (χ3n) is 6.17. The van der Waals surface area contributed by atoms with Crippen molar-refractivity contribution in [2.24, 2.45) is 5.92 Å². The van der Waals surface area contributed by atoms with Crippen LogP contribution in [0.5, 0.6) is 0 Å². The topological polar surface area (TPSA) is 105 Å². The van der Waals surface area contributed by atoms with E-state index in [9.17, 15) is 14.4 Å². The lowest BCUT2D eigenvalue weighted by atomic mass is 9.98. The third-order valence-corrected chi connectivity index (χ3v) is 6.17. The Balaban J connectivity index is 1.36. The van der Waals surface area contributed by atoms with E-state index in [-0.39, 0.29) is 24.5 Å². The van der Waals surface area contributed by atoms with E-state index in [0.717, 1.165) is 33.7 Å². The number of nitrogens with zero attached hydrogens (tertiary/aromatic N) is 1. The summed E-state index contributed by atoms with van der Waals surface area (Å²) in [4.78, 5) is 40.8. The molecule has 0 saturated heterocycles. The number of carbonyl (C=O) groups excluding carboxylic acids is 2. The second-order valence-electron chi connectivity index (χ2n) is 8.12. The summed E-state index contributed by atoms with van der Waals surface area (Å²) in [6.07, 6.45) is 1.45. The van der Waals surface area contributed by atoms with Crippen molar-refractivity contribution in [1.82, 2.24) is 10.4 Å². The van der Waals surface area contributed by atoms with Crippen LogP contribution in [0, 0.1) is 5.92 Å². The maximum Gasteiger partial charge on any atom is 0.407 e. The van der Waals surface area contributed by atoms with Gasteiger partial charge in [-0.05, 0) is 35.1 Å². The second-order valence-corrected chi connectivity index (χ2v) is 8.12. The molecule has 2 amide bonds. The summed E-state index contributed by atoms with van der Waals surface area (Å²) in [5.74, 6) is -2.03. The smallest absolute Gasteiger partial charge is 0.407 e. The summed E-state index contributed by atoms with van der Waals surface area (Å²) in [7, 11) is 1.38. The Kier molecular flexibility index (Phi) is 6.41. The number of alkyl carbamates (subject to hydrolysis) is 1. The number of nitrogens with one attached hydrogen (secondary N) is 1. The number of benzene rings is 2. The molecule has 2 atom stereocenters. The molecule has 2 aromatic rings. The lowest BCUT2D eigenvalue weighted by Crippen LogP contribution is -2.45. The van der Waals surface area contributed by atoms with Crippen LogP contribution in [0.1, 0.15) is 36.3 Å². The van der Waals surface area contributed by atoms with Crippen molar-refractivity contribution in [3.05, 3.63) is 59.7 Å². The van der Waals surface area contributed by atoms with E-state index in [4.69, 9.17) is 14.7 Å². The molecule has 8 nitrogen and oxygen atoms in total. The number of ether oxygens (including phenoxy) is 1. The van der Waals surface area contributed by atoms with Crippen molar-refractivity contribution in [2.75, 3.05) is 20.3 Å². The Morgan fingerprint density at radius 3 is 2.28 bits per heavy atom. The maximum atomic E-state index is 12.6. The summed E-state index contributed by atoms with van der Waals surface area (Å²) >= 11 is 0. The van der Waals surface area contributed by atoms with Gasteiger partial charge >= 0.3 is 12.1 Å². The SMILES string of the molecule is CN(OCC(=O)O)C(=O)[C@H]1CCC[C@H]1NC(=O)OCC1c2ccccc2-c2ccccc21. The average Bonchev–Trinajstić information content (AvgIpc) is 3.38. The monoisotopic (exact) mass is 438 g/mol. The number of fused-ring (bicyclic) bond motifs is 3. The second kappa shape index (κ2) is 9.40. The fraction of sp³-hybridized carbons (Fsp3) is 0.375. The summed E-state index contributed by atoms with van der Waals surface area (Å²) in [6, 6.07) is 15.8. The molecule has 2 aliphatic rings. The van der Waals surface area contributed by atoms with Crippen LogP contribution in [0.3, 0.4) is 0 Å². The van der Waals surface area contributed by atoms with Crippen molar-refractivity contribution in [2.45, 2.75) is 31.2 Å². The van der Waals surface area contributed by atoms with E-state index in [1.165, 1.54) is 7.05 Å². The normalized spacial score (nSPS) is 19.2. The molecule has 2 N–H and O–H groups in total. The molecule has 1 fully saturated rings. The average molecular weight is 438 g/mol. The molecule has 0 spiro atoms. The van der Waals surface area contributed by atoms with Gasteiger partial charge < -0.3 is 15.2 Å². The number of rotatable bonds is 7. The van der Waals surface area contributed by atoms with Gasteiger partial charge in [0.15, 0.2) is 6.61 Å². The molecule has 0 bridgehead atoms. The fourth-order valence-corrected chi connectivity index (χ4v) is 4.67. The predicted molar refractivity (Wildman–Crippen MR) is 116 cm³/mol. The van der Waals surface area contributed by atoms with Gasteiger partial charge in [-0.2, -0.15) is 0 Å². The highest BCUT2D eigenvalue weighted by Gasteiger charge is 2.37. The van der Waals surface area contributed by atoms with Crippen LogP contribution in [0.4, 0.5) is 4.79 Å². The molecule has 0 radical (unpaired) electrons. The van der Waals surface area contributed by atoms with Crippen molar-refractivity contribution < 1.29 is 29.1 Å². The Morgan fingerprint density at radius 2 is 1.66 bits per heavy atom. The van der Waals surface area contributed by atoms with Gasteiger partial charge in [0.1, 0.15) is 6.61 Å². The number of amides is 2. The molecule has 0 unspecified atom stereocenters. The number of carbonyl (C=O) groups is 3.